The van der Waals surface area contributed by atoms with E-state index >= 15 is 0 Å². The van der Waals surface area contributed by atoms with Crippen molar-refractivity contribution in [3.8, 4) is 0 Å². The smallest absolute Gasteiger partial charge is 0.230 e. The molecule has 0 saturated heterocycles. The van der Waals surface area contributed by atoms with Gasteiger partial charge in [-0.25, -0.2) is 0 Å². The normalized spacial score (nSPS) is 10.3. The lowest BCUT2D eigenvalue weighted by Gasteiger charge is -2.05. The zero-order valence-corrected chi connectivity index (χ0v) is 11.7. The van der Waals surface area contributed by atoms with E-state index in [0.717, 1.165) is 5.69 Å². The maximum absolute atomic E-state index is 12.5. The molecule has 1 aromatic heterocycles. The Morgan fingerprint density at radius 3 is 2.24 bits per heavy atom. The van der Waals surface area contributed by atoms with E-state index in [-0.39, 0.29) is 5.78 Å². The van der Waals surface area contributed by atoms with Crippen LogP contribution in [0.5, 0.6) is 0 Å². The number of rotatable bonds is 4. The Kier molecular flexibility index (Phi) is 3.56. The van der Waals surface area contributed by atoms with Crippen LogP contribution in [0.1, 0.15) is 21.9 Å². The first-order chi connectivity index (χ1) is 10.2. The lowest BCUT2D eigenvalue weighted by molar-refractivity contribution is 0.101. The highest BCUT2D eigenvalue weighted by molar-refractivity contribution is 6.10. The minimum atomic E-state index is -0.123. The van der Waals surface area contributed by atoms with Crippen LogP contribution in [0, 0.1) is 6.92 Å². The van der Waals surface area contributed by atoms with E-state index in [4.69, 9.17) is 4.42 Å². The van der Waals surface area contributed by atoms with E-state index in [9.17, 15) is 4.79 Å². The largest absolute Gasteiger partial charge is 0.456 e. The van der Waals surface area contributed by atoms with Gasteiger partial charge in [0.2, 0.25) is 5.78 Å². The van der Waals surface area contributed by atoms with Crippen LogP contribution in [0.15, 0.2) is 71.1 Å². The molecule has 0 unspecified atom stereocenters. The third-order valence-corrected chi connectivity index (χ3v) is 3.15. The van der Waals surface area contributed by atoms with E-state index in [1.165, 1.54) is 0 Å². The Morgan fingerprint density at radius 2 is 1.57 bits per heavy atom. The van der Waals surface area contributed by atoms with Crippen LogP contribution in [0.2, 0.25) is 0 Å². The van der Waals surface area contributed by atoms with Crippen LogP contribution in [-0.4, -0.2) is 5.78 Å². The molecular formula is C18H15NO2. The third-order valence-electron chi connectivity index (χ3n) is 3.15. The highest BCUT2D eigenvalue weighted by Gasteiger charge is 2.18. The molecule has 0 aliphatic heterocycles. The minimum Gasteiger partial charge on any atom is -0.456 e. The quantitative estimate of drug-likeness (QED) is 0.711. The van der Waals surface area contributed by atoms with Crippen molar-refractivity contribution in [2.45, 2.75) is 6.92 Å². The summed E-state index contributed by atoms with van der Waals surface area (Å²) >= 11 is 0. The highest BCUT2D eigenvalue weighted by Crippen LogP contribution is 2.26. The molecule has 0 aliphatic rings. The molecule has 2 aromatic carbocycles. The van der Waals surface area contributed by atoms with Gasteiger partial charge < -0.3 is 9.73 Å². The molecule has 0 atom stereocenters. The van der Waals surface area contributed by atoms with Crippen molar-refractivity contribution >= 4 is 17.2 Å². The molecule has 0 saturated carbocycles. The third kappa shape index (κ3) is 2.87. The molecule has 0 bridgehead atoms. The van der Waals surface area contributed by atoms with E-state index in [0.29, 0.717) is 22.8 Å². The lowest BCUT2D eigenvalue weighted by Crippen LogP contribution is -2.02. The number of carbonyl (C=O) groups is 1. The number of benzene rings is 2. The number of hydrogen-bond acceptors (Lipinski definition) is 3. The topological polar surface area (TPSA) is 42.2 Å². The number of hydrogen-bond donors (Lipinski definition) is 1. The van der Waals surface area contributed by atoms with Crippen molar-refractivity contribution in [3.63, 3.8) is 0 Å². The standard InChI is InChI=1S/C18H15NO2/c1-13-12-16(19-15-10-6-3-7-11-15)18(21-13)17(20)14-8-4-2-5-9-14/h2-12,19H,1H3. The van der Waals surface area contributed by atoms with Crippen molar-refractivity contribution in [2.24, 2.45) is 0 Å². The van der Waals surface area contributed by atoms with Gasteiger partial charge >= 0.3 is 0 Å². The second kappa shape index (κ2) is 5.67. The number of carbonyl (C=O) groups excluding carboxylic acids is 1. The van der Waals surface area contributed by atoms with E-state index in [1.807, 2.05) is 61.5 Å². The van der Waals surface area contributed by atoms with Crippen LogP contribution in [0.3, 0.4) is 0 Å². The second-order valence-corrected chi connectivity index (χ2v) is 4.79. The summed E-state index contributed by atoms with van der Waals surface area (Å²) in [6.07, 6.45) is 0. The van der Waals surface area contributed by atoms with Crippen LogP contribution in [0.4, 0.5) is 11.4 Å². The van der Waals surface area contributed by atoms with Gasteiger partial charge in [-0.05, 0) is 19.1 Å². The average Bonchev–Trinajstić information content (AvgIpc) is 2.89. The van der Waals surface area contributed by atoms with Crippen LogP contribution >= 0.6 is 0 Å². The summed E-state index contributed by atoms with van der Waals surface area (Å²) in [5, 5.41) is 3.23. The summed E-state index contributed by atoms with van der Waals surface area (Å²) in [4.78, 5) is 12.5. The zero-order chi connectivity index (χ0) is 14.7. The number of anilines is 2. The molecule has 3 heteroatoms. The van der Waals surface area contributed by atoms with Crippen molar-refractivity contribution in [2.75, 3.05) is 5.32 Å². The van der Waals surface area contributed by atoms with Gasteiger partial charge in [0.25, 0.3) is 0 Å². The average molecular weight is 277 g/mol. The first kappa shape index (κ1) is 13.2. The molecule has 0 spiro atoms. The maximum atomic E-state index is 12.5. The Labute approximate surface area is 123 Å². The first-order valence-electron chi connectivity index (χ1n) is 6.76. The summed E-state index contributed by atoms with van der Waals surface area (Å²) in [5.41, 5.74) is 2.22. The predicted molar refractivity (Wildman–Crippen MR) is 83.0 cm³/mol. The van der Waals surface area contributed by atoms with Crippen molar-refractivity contribution in [1.82, 2.24) is 0 Å². The SMILES string of the molecule is Cc1cc(Nc2ccccc2)c(C(=O)c2ccccc2)o1. The van der Waals surface area contributed by atoms with E-state index < -0.39 is 0 Å². The zero-order valence-electron chi connectivity index (χ0n) is 11.7. The molecule has 104 valence electrons. The number of nitrogens with one attached hydrogen (secondary N) is 1. The van der Waals surface area contributed by atoms with Crippen LogP contribution in [0.25, 0.3) is 0 Å². The summed E-state index contributed by atoms with van der Waals surface area (Å²) in [5.74, 6) is 0.914. The minimum absolute atomic E-state index is 0.123. The number of para-hydroxylation sites is 1. The van der Waals surface area contributed by atoms with Crippen molar-refractivity contribution in [3.05, 3.63) is 83.8 Å². The maximum Gasteiger partial charge on any atom is 0.230 e. The Balaban J connectivity index is 1.95. The second-order valence-electron chi connectivity index (χ2n) is 4.79. The highest BCUT2D eigenvalue weighted by atomic mass is 16.3. The van der Waals surface area contributed by atoms with Gasteiger partial charge in [-0.1, -0.05) is 48.5 Å². The summed E-state index contributed by atoms with van der Waals surface area (Å²) in [7, 11) is 0. The molecule has 0 aliphatic carbocycles. The van der Waals surface area contributed by atoms with Crippen molar-refractivity contribution < 1.29 is 9.21 Å². The molecule has 21 heavy (non-hydrogen) atoms. The van der Waals surface area contributed by atoms with E-state index in [1.54, 1.807) is 12.1 Å². The summed E-state index contributed by atoms with van der Waals surface area (Å²) in [6, 6.07) is 20.7. The van der Waals surface area contributed by atoms with Crippen LogP contribution < -0.4 is 5.32 Å². The molecule has 0 radical (unpaired) electrons. The molecule has 0 fully saturated rings. The fourth-order valence-corrected chi connectivity index (χ4v) is 2.17. The number of ketones is 1. The first-order valence-corrected chi connectivity index (χ1v) is 6.76. The van der Waals surface area contributed by atoms with Gasteiger partial charge in [-0.3, -0.25) is 4.79 Å². The van der Waals surface area contributed by atoms with Gasteiger partial charge in [0, 0.05) is 17.3 Å². The van der Waals surface area contributed by atoms with Gasteiger partial charge in [0.1, 0.15) is 5.76 Å². The molecule has 3 rings (SSSR count). The predicted octanol–water partition coefficient (Wildman–Crippen LogP) is 4.56. The van der Waals surface area contributed by atoms with Gasteiger partial charge in [0.05, 0.1) is 5.69 Å². The Morgan fingerprint density at radius 1 is 0.952 bits per heavy atom. The molecule has 3 aromatic rings. The Hall–Kier alpha value is -2.81. The van der Waals surface area contributed by atoms with Gasteiger partial charge in [0.15, 0.2) is 5.76 Å². The molecule has 0 amide bonds. The van der Waals surface area contributed by atoms with Crippen LogP contribution in [-0.2, 0) is 0 Å². The number of furan rings is 1. The summed E-state index contributed by atoms with van der Waals surface area (Å²) < 4.78 is 5.59. The van der Waals surface area contributed by atoms with Gasteiger partial charge in [-0.2, -0.15) is 0 Å². The fourth-order valence-electron chi connectivity index (χ4n) is 2.17. The lowest BCUT2D eigenvalue weighted by atomic mass is 10.1. The molecule has 1 N–H and O–H groups in total. The Bertz CT molecular complexity index is 745. The molecule has 1 heterocycles. The van der Waals surface area contributed by atoms with Gasteiger partial charge in [-0.15, -0.1) is 0 Å². The number of aryl methyl sites for hydroxylation is 1. The van der Waals surface area contributed by atoms with E-state index in [2.05, 4.69) is 5.32 Å². The van der Waals surface area contributed by atoms with Crippen molar-refractivity contribution in [1.29, 1.82) is 0 Å². The molecule has 3 nitrogen and oxygen atoms in total. The summed E-state index contributed by atoms with van der Waals surface area (Å²) in [6.45, 7) is 1.83. The monoisotopic (exact) mass is 277 g/mol. The molecular weight excluding hydrogens is 262 g/mol. The fraction of sp³-hybridized carbons (Fsp3) is 0.0556.